The number of H-pyrrole nitrogens is 1. The van der Waals surface area contributed by atoms with E-state index in [9.17, 15) is 4.79 Å². The number of amides is 1. The number of para-hydroxylation sites is 1. The molecule has 1 saturated heterocycles. The molecule has 5 heteroatoms. The van der Waals surface area contributed by atoms with Crippen LogP contribution in [0.2, 0.25) is 0 Å². The fraction of sp³-hybridized carbons (Fsp3) is 0.320. The molecule has 0 spiro atoms. The zero-order valence-electron chi connectivity index (χ0n) is 17.3. The molecule has 0 unspecified atom stereocenters. The van der Waals surface area contributed by atoms with Crippen LogP contribution in [0, 0.1) is 0 Å². The molecule has 3 heterocycles. The van der Waals surface area contributed by atoms with Gasteiger partial charge in [-0.3, -0.25) is 4.79 Å². The summed E-state index contributed by atoms with van der Waals surface area (Å²) in [6.07, 6.45) is 2.26. The SMILES string of the molecule is C=CC(=O)N1[C@@H](c2ccc(N3CCOCC3)cc2)c2[nH]c3ccccc3c2C[C@@H]1C. The lowest BCUT2D eigenvalue weighted by Crippen LogP contribution is -2.45. The summed E-state index contributed by atoms with van der Waals surface area (Å²) >= 11 is 0. The van der Waals surface area contributed by atoms with Crippen LogP contribution in [0.4, 0.5) is 5.69 Å². The number of morpholine rings is 1. The van der Waals surface area contributed by atoms with Gasteiger partial charge < -0.3 is 19.5 Å². The first-order valence-electron chi connectivity index (χ1n) is 10.6. The maximum Gasteiger partial charge on any atom is 0.247 e. The van der Waals surface area contributed by atoms with Gasteiger partial charge in [0.15, 0.2) is 0 Å². The van der Waals surface area contributed by atoms with Crippen molar-refractivity contribution in [3.63, 3.8) is 0 Å². The largest absolute Gasteiger partial charge is 0.378 e. The Hall–Kier alpha value is -3.05. The average molecular weight is 402 g/mol. The Morgan fingerprint density at radius 2 is 1.87 bits per heavy atom. The summed E-state index contributed by atoms with van der Waals surface area (Å²) in [4.78, 5) is 20.8. The van der Waals surface area contributed by atoms with E-state index in [4.69, 9.17) is 4.74 Å². The zero-order chi connectivity index (χ0) is 20.7. The van der Waals surface area contributed by atoms with Crippen LogP contribution in [-0.4, -0.2) is 48.1 Å². The van der Waals surface area contributed by atoms with Crippen LogP contribution in [0.1, 0.15) is 29.8 Å². The van der Waals surface area contributed by atoms with Crippen molar-refractivity contribution in [1.29, 1.82) is 0 Å². The summed E-state index contributed by atoms with van der Waals surface area (Å²) in [5.74, 6) is -0.0333. The highest BCUT2D eigenvalue weighted by atomic mass is 16.5. The molecule has 3 aromatic rings. The van der Waals surface area contributed by atoms with Crippen molar-refractivity contribution in [3.05, 3.63) is 78.0 Å². The number of aromatic amines is 1. The number of anilines is 1. The third kappa shape index (κ3) is 3.10. The molecule has 30 heavy (non-hydrogen) atoms. The number of carbonyl (C=O) groups excluding carboxylic acids is 1. The normalized spacial score (nSPS) is 21.5. The van der Waals surface area contributed by atoms with Crippen molar-refractivity contribution in [2.75, 3.05) is 31.2 Å². The van der Waals surface area contributed by atoms with Crippen LogP contribution in [-0.2, 0) is 16.0 Å². The first-order valence-corrected chi connectivity index (χ1v) is 10.6. The highest BCUT2D eigenvalue weighted by Crippen LogP contribution is 2.41. The number of nitrogens with zero attached hydrogens (tertiary/aromatic N) is 2. The lowest BCUT2D eigenvalue weighted by Gasteiger charge is -2.40. The summed E-state index contributed by atoms with van der Waals surface area (Å²) in [6.45, 7) is 9.23. The van der Waals surface area contributed by atoms with E-state index >= 15 is 0 Å². The smallest absolute Gasteiger partial charge is 0.247 e. The lowest BCUT2D eigenvalue weighted by molar-refractivity contribution is -0.130. The van der Waals surface area contributed by atoms with Gasteiger partial charge in [-0.15, -0.1) is 0 Å². The van der Waals surface area contributed by atoms with Gasteiger partial charge in [0.05, 0.1) is 19.3 Å². The second-order valence-corrected chi connectivity index (χ2v) is 8.16. The summed E-state index contributed by atoms with van der Waals surface area (Å²) in [5, 5.41) is 1.25. The number of benzene rings is 2. The molecule has 0 bridgehead atoms. The number of carbonyl (C=O) groups is 1. The van der Waals surface area contributed by atoms with E-state index in [1.165, 1.54) is 22.7 Å². The zero-order valence-corrected chi connectivity index (χ0v) is 17.3. The van der Waals surface area contributed by atoms with Crippen molar-refractivity contribution < 1.29 is 9.53 Å². The van der Waals surface area contributed by atoms with E-state index in [1.807, 2.05) is 11.0 Å². The number of fused-ring (bicyclic) bond motifs is 3. The van der Waals surface area contributed by atoms with Crippen LogP contribution in [0.25, 0.3) is 10.9 Å². The third-order valence-electron chi connectivity index (χ3n) is 6.39. The molecule has 154 valence electrons. The van der Waals surface area contributed by atoms with Crippen LogP contribution in [0.15, 0.2) is 61.2 Å². The van der Waals surface area contributed by atoms with E-state index in [0.717, 1.165) is 49.5 Å². The molecule has 2 aliphatic heterocycles. The number of nitrogens with one attached hydrogen (secondary N) is 1. The summed E-state index contributed by atoms with van der Waals surface area (Å²) < 4.78 is 5.47. The van der Waals surface area contributed by atoms with E-state index in [2.05, 4.69) is 65.9 Å². The van der Waals surface area contributed by atoms with Crippen molar-refractivity contribution >= 4 is 22.5 Å². The predicted octanol–water partition coefficient (Wildman–Crippen LogP) is 4.05. The quantitative estimate of drug-likeness (QED) is 0.674. The van der Waals surface area contributed by atoms with Gasteiger partial charge in [0.2, 0.25) is 5.91 Å². The number of ether oxygens (including phenoxy) is 1. The average Bonchev–Trinajstić information content (AvgIpc) is 3.16. The Balaban J connectivity index is 1.60. The summed E-state index contributed by atoms with van der Waals surface area (Å²) in [6, 6.07) is 17.0. The van der Waals surface area contributed by atoms with Crippen molar-refractivity contribution in [1.82, 2.24) is 9.88 Å². The molecule has 1 fully saturated rings. The maximum absolute atomic E-state index is 12.9. The Kier molecular flexibility index (Phi) is 4.83. The summed E-state index contributed by atoms with van der Waals surface area (Å²) in [7, 11) is 0. The van der Waals surface area contributed by atoms with E-state index in [-0.39, 0.29) is 18.0 Å². The van der Waals surface area contributed by atoms with Crippen molar-refractivity contribution in [2.24, 2.45) is 0 Å². The maximum atomic E-state index is 12.9. The molecule has 0 aliphatic carbocycles. The third-order valence-corrected chi connectivity index (χ3v) is 6.39. The first kappa shape index (κ1) is 18.9. The molecular weight excluding hydrogens is 374 g/mol. The van der Waals surface area contributed by atoms with Crippen LogP contribution in [0.3, 0.4) is 0 Å². The monoisotopic (exact) mass is 401 g/mol. The van der Waals surface area contributed by atoms with E-state index in [1.54, 1.807) is 0 Å². The Bertz CT molecular complexity index is 1080. The Labute approximate surface area is 176 Å². The topological polar surface area (TPSA) is 48.6 Å². The molecular formula is C25H27N3O2. The first-order chi connectivity index (χ1) is 14.7. The molecule has 0 saturated carbocycles. The van der Waals surface area contributed by atoms with Crippen molar-refractivity contribution in [2.45, 2.75) is 25.4 Å². The standard InChI is InChI=1S/C25H27N3O2/c1-3-23(29)28-17(2)16-21-20-6-4-5-7-22(20)26-24(21)25(28)18-8-10-19(11-9-18)27-12-14-30-15-13-27/h3-11,17,25-26H,1,12-16H2,2H3/t17-,25-/m0/s1. The molecule has 0 radical (unpaired) electrons. The fourth-order valence-electron chi connectivity index (χ4n) is 4.93. The predicted molar refractivity (Wildman–Crippen MR) is 120 cm³/mol. The number of hydrogen-bond acceptors (Lipinski definition) is 3. The van der Waals surface area contributed by atoms with Gasteiger partial charge in [0.1, 0.15) is 0 Å². The summed E-state index contributed by atoms with van der Waals surface area (Å²) in [5.41, 5.74) is 5.86. The van der Waals surface area contributed by atoms with E-state index < -0.39 is 0 Å². The number of aromatic nitrogens is 1. The Morgan fingerprint density at radius 3 is 2.60 bits per heavy atom. The van der Waals surface area contributed by atoms with Crippen LogP contribution >= 0.6 is 0 Å². The van der Waals surface area contributed by atoms with Gasteiger partial charge >= 0.3 is 0 Å². The molecule has 1 N–H and O–H groups in total. The number of hydrogen-bond donors (Lipinski definition) is 1. The van der Waals surface area contributed by atoms with Gasteiger partial charge in [0, 0.05) is 41.4 Å². The van der Waals surface area contributed by atoms with Gasteiger partial charge in [-0.05, 0) is 48.7 Å². The highest BCUT2D eigenvalue weighted by Gasteiger charge is 2.37. The minimum Gasteiger partial charge on any atom is -0.378 e. The fourth-order valence-corrected chi connectivity index (χ4v) is 4.93. The molecule has 2 atom stereocenters. The van der Waals surface area contributed by atoms with Gasteiger partial charge in [0.25, 0.3) is 0 Å². The highest BCUT2D eigenvalue weighted by molar-refractivity contribution is 5.90. The number of rotatable bonds is 3. The van der Waals surface area contributed by atoms with Gasteiger partial charge in [-0.25, -0.2) is 0 Å². The van der Waals surface area contributed by atoms with Crippen LogP contribution < -0.4 is 4.90 Å². The molecule has 1 aromatic heterocycles. The Morgan fingerprint density at radius 1 is 1.13 bits per heavy atom. The molecule has 2 aromatic carbocycles. The van der Waals surface area contributed by atoms with Gasteiger partial charge in [-0.2, -0.15) is 0 Å². The van der Waals surface area contributed by atoms with E-state index in [0.29, 0.717) is 0 Å². The molecule has 5 nitrogen and oxygen atoms in total. The second kappa shape index (κ2) is 7.65. The van der Waals surface area contributed by atoms with Crippen molar-refractivity contribution in [3.8, 4) is 0 Å². The lowest BCUT2D eigenvalue weighted by atomic mass is 9.88. The minimum atomic E-state index is -0.152. The minimum absolute atomic E-state index is 0.0333. The molecule has 2 aliphatic rings. The van der Waals surface area contributed by atoms with Gasteiger partial charge in [-0.1, -0.05) is 36.9 Å². The molecule has 1 amide bonds. The molecule has 5 rings (SSSR count). The van der Waals surface area contributed by atoms with Crippen LogP contribution in [0.5, 0.6) is 0 Å². The second-order valence-electron chi connectivity index (χ2n) is 8.16.